The van der Waals surface area contributed by atoms with Gasteiger partial charge < -0.3 is 14.6 Å². The average molecular weight is 304 g/mol. The monoisotopic (exact) mass is 304 g/mol. The minimum absolute atomic E-state index is 0.0680. The van der Waals surface area contributed by atoms with Gasteiger partial charge in [-0.1, -0.05) is 13.8 Å². The lowest BCUT2D eigenvalue weighted by atomic mass is 10.1. The van der Waals surface area contributed by atoms with Gasteiger partial charge in [-0.15, -0.1) is 0 Å². The number of aromatic amines is 2. The van der Waals surface area contributed by atoms with Crippen LogP contribution >= 0.6 is 0 Å². The number of morpholine rings is 1. The quantitative estimate of drug-likeness (QED) is 0.893. The third kappa shape index (κ3) is 2.76. The molecule has 2 aromatic heterocycles. The first-order chi connectivity index (χ1) is 10.6. The van der Waals surface area contributed by atoms with E-state index >= 15 is 0 Å². The molecular weight excluding hydrogens is 284 g/mol. The number of nitrogens with one attached hydrogen (secondary N) is 2. The topological polar surface area (TPSA) is 91.1 Å². The molecule has 0 aliphatic carbocycles. The average Bonchev–Trinajstić information content (AvgIpc) is 2.92. The second-order valence-electron chi connectivity index (χ2n) is 5.58. The lowest BCUT2D eigenvalue weighted by Crippen LogP contribution is -2.49. The number of fused-ring (bicyclic) bond motifs is 1. The molecule has 2 unspecified atom stereocenters. The lowest BCUT2D eigenvalue weighted by Gasteiger charge is -2.37. The third-order valence-corrected chi connectivity index (χ3v) is 4.03. The van der Waals surface area contributed by atoms with Crippen molar-refractivity contribution >= 4 is 17.1 Å². The Bertz CT molecular complexity index is 724. The van der Waals surface area contributed by atoms with Gasteiger partial charge >= 0.3 is 5.69 Å². The standard InChI is InChI=1S/C15H20N4O3/c1-3-9-7-19(8-10(4-2)22-9)14(20)12-6-5-11-13(16-12)18-15(21)17-11/h5-6,9-10H,3-4,7-8H2,1-2H3,(H2,16,17,18,21). The number of H-pyrrole nitrogens is 2. The zero-order valence-electron chi connectivity index (χ0n) is 12.8. The van der Waals surface area contributed by atoms with Gasteiger partial charge in [0.1, 0.15) is 5.69 Å². The van der Waals surface area contributed by atoms with Crippen molar-refractivity contribution in [1.29, 1.82) is 0 Å². The molecule has 1 aliphatic rings. The number of rotatable bonds is 3. The van der Waals surface area contributed by atoms with Gasteiger partial charge in [0, 0.05) is 13.1 Å². The summed E-state index contributed by atoms with van der Waals surface area (Å²) in [6, 6.07) is 3.34. The molecule has 2 atom stereocenters. The fourth-order valence-corrected chi connectivity index (χ4v) is 2.74. The Balaban J connectivity index is 1.85. The van der Waals surface area contributed by atoms with Crippen LogP contribution in [-0.2, 0) is 4.74 Å². The Morgan fingerprint density at radius 1 is 1.27 bits per heavy atom. The van der Waals surface area contributed by atoms with Gasteiger partial charge in [0.25, 0.3) is 5.91 Å². The number of amides is 1. The molecule has 1 saturated heterocycles. The van der Waals surface area contributed by atoms with Crippen LogP contribution in [-0.4, -0.2) is 51.1 Å². The molecule has 2 aromatic rings. The van der Waals surface area contributed by atoms with Crippen LogP contribution in [0.3, 0.4) is 0 Å². The minimum Gasteiger partial charge on any atom is -0.371 e. The molecule has 1 amide bonds. The normalized spacial score (nSPS) is 22.2. The summed E-state index contributed by atoms with van der Waals surface area (Å²) in [4.78, 5) is 35.2. The molecule has 3 rings (SSSR count). The van der Waals surface area contributed by atoms with Crippen molar-refractivity contribution in [2.45, 2.75) is 38.9 Å². The van der Waals surface area contributed by atoms with E-state index in [2.05, 4.69) is 28.8 Å². The minimum atomic E-state index is -0.324. The van der Waals surface area contributed by atoms with Gasteiger partial charge in [0.05, 0.1) is 17.7 Å². The van der Waals surface area contributed by atoms with Crippen molar-refractivity contribution < 1.29 is 9.53 Å². The number of nitrogens with zero attached hydrogens (tertiary/aromatic N) is 2. The highest BCUT2D eigenvalue weighted by Gasteiger charge is 2.30. The highest BCUT2D eigenvalue weighted by molar-refractivity contribution is 5.94. The van der Waals surface area contributed by atoms with Crippen molar-refractivity contribution in [3.8, 4) is 0 Å². The first-order valence-electron chi connectivity index (χ1n) is 7.64. The maximum Gasteiger partial charge on any atom is 0.325 e. The van der Waals surface area contributed by atoms with Crippen LogP contribution in [0.15, 0.2) is 16.9 Å². The summed E-state index contributed by atoms with van der Waals surface area (Å²) < 4.78 is 5.91. The molecule has 1 fully saturated rings. The Kier molecular flexibility index (Phi) is 3.98. The summed E-state index contributed by atoms with van der Waals surface area (Å²) >= 11 is 0. The number of carbonyl (C=O) groups is 1. The Labute approximate surface area is 127 Å². The molecule has 0 spiro atoms. The molecule has 0 aromatic carbocycles. The number of ether oxygens (including phenoxy) is 1. The smallest absolute Gasteiger partial charge is 0.325 e. The summed E-state index contributed by atoms with van der Waals surface area (Å²) in [6.45, 7) is 5.27. The zero-order valence-corrected chi connectivity index (χ0v) is 12.8. The van der Waals surface area contributed by atoms with Gasteiger partial charge in [0.2, 0.25) is 0 Å². The highest BCUT2D eigenvalue weighted by atomic mass is 16.5. The van der Waals surface area contributed by atoms with E-state index in [4.69, 9.17) is 4.74 Å². The zero-order chi connectivity index (χ0) is 15.7. The molecule has 1 aliphatic heterocycles. The first-order valence-corrected chi connectivity index (χ1v) is 7.64. The van der Waals surface area contributed by atoms with E-state index in [0.717, 1.165) is 12.8 Å². The molecule has 3 heterocycles. The molecule has 0 saturated carbocycles. The van der Waals surface area contributed by atoms with E-state index in [1.54, 1.807) is 17.0 Å². The number of hydrogen-bond donors (Lipinski definition) is 2. The summed E-state index contributed by atoms with van der Waals surface area (Å²) in [5.41, 5.74) is 1.02. The molecular formula is C15H20N4O3. The van der Waals surface area contributed by atoms with E-state index in [9.17, 15) is 9.59 Å². The van der Waals surface area contributed by atoms with Gasteiger partial charge in [-0.25, -0.2) is 9.78 Å². The predicted octanol–water partition coefficient (Wildman–Crippen LogP) is 1.28. The van der Waals surface area contributed by atoms with E-state index in [1.165, 1.54) is 0 Å². The van der Waals surface area contributed by atoms with Crippen LogP contribution in [0.5, 0.6) is 0 Å². The summed E-state index contributed by atoms with van der Waals surface area (Å²) in [5, 5.41) is 0. The summed E-state index contributed by atoms with van der Waals surface area (Å²) in [6.07, 6.45) is 1.88. The third-order valence-electron chi connectivity index (χ3n) is 4.03. The van der Waals surface area contributed by atoms with E-state index < -0.39 is 0 Å². The number of carbonyl (C=O) groups excluding carboxylic acids is 1. The molecule has 7 nitrogen and oxygen atoms in total. The largest absolute Gasteiger partial charge is 0.371 e. The Morgan fingerprint density at radius 2 is 1.95 bits per heavy atom. The van der Waals surface area contributed by atoms with Gasteiger partial charge in [-0.3, -0.25) is 9.78 Å². The maximum atomic E-state index is 12.7. The molecule has 0 radical (unpaired) electrons. The van der Waals surface area contributed by atoms with Crippen LogP contribution in [0.1, 0.15) is 37.2 Å². The maximum absolute atomic E-state index is 12.7. The van der Waals surface area contributed by atoms with Gasteiger partial charge in [0.15, 0.2) is 5.65 Å². The summed E-state index contributed by atoms with van der Waals surface area (Å²) in [7, 11) is 0. The summed E-state index contributed by atoms with van der Waals surface area (Å²) in [5.74, 6) is -0.121. The van der Waals surface area contributed by atoms with Crippen LogP contribution < -0.4 is 5.69 Å². The van der Waals surface area contributed by atoms with Gasteiger partial charge in [-0.05, 0) is 25.0 Å². The van der Waals surface area contributed by atoms with E-state index in [0.29, 0.717) is 29.9 Å². The van der Waals surface area contributed by atoms with Crippen LogP contribution in [0, 0.1) is 0 Å². The van der Waals surface area contributed by atoms with Gasteiger partial charge in [-0.2, -0.15) is 0 Å². The molecule has 7 heteroatoms. The molecule has 118 valence electrons. The Morgan fingerprint density at radius 3 is 2.59 bits per heavy atom. The number of hydrogen-bond acceptors (Lipinski definition) is 4. The van der Waals surface area contributed by atoms with Crippen molar-refractivity contribution in [3.05, 3.63) is 28.3 Å². The second kappa shape index (κ2) is 5.92. The number of aromatic nitrogens is 3. The fourth-order valence-electron chi connectivity index (χ4n) is 2.74. The fraction of sp³-hybridized carbons (Fsp3) is 0.533. The number of pyridine rings is 1. The van der Waals surface area contributed by atoms with Crippen LogP contribution in [0.2, 0.25) is 0 Å². The Hall–Kier alpha value is -2.15. The van der Waals surface area contributed by atoms with Crippen molar-refractivity contribution in [2.24, 2.45) is 0 Å². The van der Waals surface area contributed by atoms with E-state index in [1.807, 2.05) is 0 Å². The second-order valence-corrected chi connectivity index (χ2v) is 5.58. The molecule has 2 N–H and O–H groups in total. The predicted molar refractivity (Wildman–Crippen MR) is 81.9 cm³/mol. The molecule has 22 heavy (non-hydrogen) atoms. The van der Waals surface area contributed by atoms with Crippen LogP contribution in [0.25, 0.3) is 11.2 Å². The first kappa shape index (κ1) is 14.8. The van der Waals surface area contributed by atoms with Crippen molar-refractivity contribution in [1.82, 2.24) is 19.9 Å². The van der Waals surface area contributed by atoms with Crippen molar-refractivity contribution in [2.75, 3.05) is 13.1 Å². The lowest BCUT2D eigenvalue weighted by molar-refractivity contribution is -0.0773. The highest BCUT2D eigenvalue weighted by Crippen LogP contribution is 2.18. The van der Waals surface area contributed by atoms with Crippen LogP contribution in [0.4, 0.5) is 0 Å². The van der Waals surface area contributed by atoms with E-state index in [-0.39, 0.29) is 23.8 Å². The molecule has 0 bridgehead atoms. The number of imidazole rings is 1. The van der Waals surface area contributed by atoms with Crippen molar-refractivity contribution in [3.63, 3.8) is 0 Å². The SMILES string of the molecule is CCC1CN(C(=O)c2ccc3[nH]c(=O)[nH]c3n2)CC(CC)O1.